The predicted octanol–water partition coefficient (Wildman–Crippen LogP) is 4.45. The van der Waals surface area contributed by atoms with Gasteiger partial charge in [-0.05, 0) is 18.9 Å². The number of hydrogen-bond donors (Lipinski definition) is 1. The van der Waals surface area contributed by atoms with E-state index in [-0.39, 0.29) is 5.92 Å². The number of rotatable bonds is 12. The minimum absolute atomic E-state index is 0.379. The molecule has 1 aromatic heterocycles. The molecule has 0 saturated carbocycles. The fraction of sp³-hybridized carbons (Fsp3) is 0.545. The number of carboxylic acids is 1. The Labute approximate surface area is 157 Å². The largest absolute Gasteiger partial charge is 0.481 e. The van der Waals surface area contributed by atoms with Crippen LogP contribution in [0, 0.1) is 5.92 Å². The number of benzene rings is 1. The first-order chi connectivity index (χ1) is 12.6. The standard InChI is InChI=1S/C22H32N2O2/c1-3-4-5-6-7-11-14-21-23(17-19(2)22(25)26)15-16-24(21)18-20-12-9-8-10-13-20/h8-10,12-13,15-16,19H,3-7,11,14,17-18H2,1-2H3/p+1. The average molecular weight is 358 g/mol. The third-order valence-corrected chi connectivity index (χ3v) is 4.93. The van der Waals surface area contributed by atoms with E-state index in [4.69, 9.17) is 0 Å². The Bertz CT molecular complexity index is 664. The van der Waals surface area contributed by atoms with Crippen LogP contribution in [-0.4, -0.2) is 15.6 Å². The minimum Gasteiger partial charge on any atom is -0.481 e. The van der Waals surface area contributed by atoms with Gasteiger partial charge < -0.3 is 5.11 Å². The molecule has 4 heteroatoms. The number of hydrogen-bond acceptors (Lipinski definition) is 1. The average Bonchev–Trinajstić information content (AvgIpc) is 3.00. The van der Waals surface area contributed by atoms with Gasteiger partial charge in [0, 0.05) is 6.42 Å². The van der Waals surface area contributed by atoms with Crippen LogP contribution in [0.25, 0.3) is 0 Å². The molecule has 0 fully saturated rings. The first kappa shape index (κ1) is 20.2. The van der Waals surface area contributed by atoms with Gasteiger partial charge in [-0.2, -0.15) is 0 Å². The molecule has 0 saturated heterocycles. The van der Waals surface area contributed by atoms with Crippen molar-refractivity contribution in [1.82, 2.24) is 4.57 Å². The molecule has 0 radical (unpaired) electrons. The number of aromatic nitrogens is 2. The smallest absolute Gasteiger partial charge is 0.310 e. The minimum atomic E-state index is -0.737. The maximum absolute atomic E-state index is 11.3. The quantitative estimate of drug-likeness (QED) is 0.451. The van der Waals surface area contributed by atoms with Gasteiger partial charge in [0.1, 0.15) is 25.5 Å². The molecule has 4 nitrogen and oxygen atoms in total. The Hall–Kier alpha value is -2.10. The summed E-state index contributed by atoms with van der Waals surface area (Å²) in [6.07, 6.45) is 12.7. The SMILES string of the molecule is CCCCCCCCc1n(CC(C)C(=O)O)cc[n+]1Cc1ccccc1. The fourth-order valence-electron chi connectivity index (χ4n) is 3.31. The van der Waals surface area contributed by atoms with Crippen LogP contribution in [0.4, 0.5) is 0 Å². The first-order valence-electron chi connectivity index (χ1n) is 9.96. The molecule has 142 valence electrons. The Morgan fingerprint density at radius 2 is 1.81 bits per heavy atom. The third-order valence-electron chi connectivity index (χ3n) is 4.93. The molecule has 26 heavy (non-hydrogen) atoms. The lowest BCUT2D eigenvalue weighted by atomic mass is 10.1. The van der Waals surface area contributed by atoms with E-state index in [0.717, 1.165) is 19.4 Å². The number of aliphatic carboxylic acids is 1. The summed E-state index contributed by atoms with van der Waals surface area (Å²) in [6.45, 7) is 5.38. The summed E-state index contributed by atoms with van der Waals surface area (Å²) in [5, 5.41) is 9.25. The lowest BCUT2D eigenvalue weighted by Gasteiger charge is -2.08. The molecule has 0 aliphatic rings. The molecule has 2 aromatic rings. The van der Waals surface area contributed by atoms with Crippen LogP contribution in [0.5, 0.6) is 0 Å². The van der Waals surface area contributed by atoms with Gasteiger partial charge in [0.05, 0.1) is 5.92 Å². The highest BCUT2D eigenvalue weighted by molar-refractivity contribution is 5.69. The zero-order valence-electron chi connectivity index (χ0n) is 16.2. The van der Waals surface area contributed by atoms with Crippen LogP contribution in [0.2, 0.25) is 0 Å². The van der Waals surface area contributed by atoms with Crippen molar-refractivity contribution in [3.63, 3.8) is 0 Å². The predicted molar refractivity (Wildman–Crippen MR) is 104 cm³/mol. The van der Waals surface area contributed by atoms with E-state index in [1.807, 2.05) is 12.3 Å². The zero-order valence-corrected chi connectivity index (χ0v) is 16.2. The zero-order chi connectivity index (χ0) is 18.8. The van der Waals surface area contributed by atoms with Crippen molar-refractivity contribution in [2.24, 2.45) is 5.92 Å². The lowest BCUT2D eigenvalue weighted by Crippen LogP contribution is -2.38. The maximum atomic E-state index is 11.3. The van der Waals surface area contributed by atoms with E-state index in [2.05, 4.69) is 46.5 Å². The van der Waals surface area contributed by atoms with Gasteiger partial charge >= 0.3 is 5.97 Å². The second kappa shape index (κ2) is 10.8. The number of carboxylic acid groups (broad SMARTS) is 1. The molecule has 0 aliphatic carbocycles. The second-order valence-electron chi connectivity index (χ2n) is 7.24. The number of unbranched alkanes of at least 4 members (excludes halogenated alkanes) is 5. The molecule has 0 amide bonds. The van der Waals surface area contributed by atoms with Crippen LogP contribution in [0.3, 0.4) is 0 Å². The van der Waals surface area contributed by atoms with Crippen molar-refractivity contribution >= 4 is 5.97 Å². The van der Waals surface area contributed by atoms with Gasteiger partial charge in [-0.15, -0.1) is 0 Å². The molecule has 0 bridgehead atoms. The highest BCUT2D eigenvalue weighted by Gasteiger charge is 2.21. The van der Waals surface area contributed by atoms with Gasteiger partial charge in [-0.1, -0.05) is 69.4 Å². The Balaban J connectivity index is 2.05. The van der Waals surface area contributed by atoms with E-state index >= 15 is 0 Å². The summed E-state index contributed by atoms with van der Waals surface area (Å²) in [4.78, 5) is 11.3. The van der Waals surface area contributed by atoms with Crippen molar-refractivity contribution in [2.75, 3.05) is 0 Å². The molecule has 0 aliphatic heterocycles. The molecular weight excluding hydrogens is 324 g/mol. The normalized spacial score (nSPS) is 12.2. The van der Waals surface area contributed by atoms with Crippen molar-refractivity contribution in [3.05, 3.63) is 54.1 Å². The molecule has 1 atom stereocenters. The van der Waals surface area contributed by atoms with E-state index in [1.54, 1.807) is 6.92 Å². The molecule has 0 spiro atoms. The van der Waals surface area contributed by atoms with Crippen LogP contribution in [0.1, 0.15) is 63.8 Å². The highest BCUT2D eigenvalue weighted by Crippen LogP contribution is 2.11. The van der Waals surface area contributed by atoms with Crippen LogP contribution in [0.15, 0.2) is 42.7 Å². The summed E-state index contributed by atoms with van der Waals surface area (Å²) >= 11 is 0. The summed E-state index contributed by atoms with van der Waals surface area (Å²) in [5.74, 6) is 0.118. The Morgan fingerprint density at radius 3 is 2.50 bits per heavy atom. The number of imidazole rings is 1. The van der Waals surface area contributed by atoms with E-state index in [1.165, 1.54) is 43.5 Å². The molecular formula is C22H33N2O2+. The van der Waals surface area contributed by atoms with Crippen molar-refractivity contribution < 1.29 is 14.5 Å². The molecule has 1 heterocycles. The van der Waals surface area contributed by atoms with Gasteiger partial charge in [0.25, 0.3) is 5.82 Å². The van der Waals surface area contributed by atoms with Gasteiger partial charge in [-0.25, -0.2) is 9.13 Å². The van der Waals surface area contributed by atoms with E-state index < -0.39 is 5.97 Å². The first-order valence-corrected chi connectivity index (χ1v) is 9.96. The topological polar surface area (TPSA) is 46.1 Å². The molecule has 1 aromatic carbocycles. The fourth-order valence-corrected chi connectivity index (χ4v) is 3.31. The van der Waals surface area contributed by atoms with Crippen LogP contribution < -0.4 is 4.57 Å². The summed E-state index contributed by atoms with van der Waals surface area (Å²) in [7, 11) is 0. The monoisotopic (exact) mass is 357 g/mol. The molecule has 2 rings (SSSR count). The maximum Gasteiger partial charge on any atom is 0.310 e. The summed E-state index contributed by atoms with van der Waals surface area (Å²) in [6, 6.07) is 10.4. The summed E-state index contributed by atoms with van der Waals surface area (Å²) < 4.78 is 4.41. The van der Waals surface area contributed by atoms with Crippen molar-refractivity contribution in [3.8, 4) is 0 Å². The number of nitrogens with zero attached hydrogens (tertiary/aromatic N) is 2. The van der Waals surface area contributed by atoms with Crippen LogP contribution >= 0.6 is 0 Å². The Morgan fingerprint density at radius 1 is 1.12 bits per heavy atom. The molecule has 1 N–H and O–H groups in total. The van der Waals surface area contributed by atoms with Gasteiger partial charge in [-0.3, -0.25) is 4.79 Å². The lowest BCUT2D eigenvalue weighted by molar-refractivity contribution is -0.695. The van der Waals surface area contributed by atoms with Crippen LogP contribution in [-0.2, 0) is 24.3 Å². The second-order valence-corrected chi connectivity index (χ2v) is 7.24. The van der Waals surface area contributed by atoms with Gasteiger partial charge in [0.15, 0.2) is 0 Å². The van der Waals surface area contributed by atoms with Gasteiger partial charge in [0.2, 0.25) is 0 Å². The highest BCUT2D eigenvalue weighted by atomic mass is 16.4. The summed E-state index contributed by atoms with van der Waals surface area (Å²) in [5.41, 5.74) is 1.27. The van der Waals surface area contributed by atoms with E-state index in [0.29, 0.717) is 6.54 Å². The Kier molecular flexibility index (Phi) is 8.39. The van der Waals surface area contributed by atoms with E-state index in [9.17, 15) is 9.90 Å². The van der Waals surface area contributed by atoms with Crippen molar-refractivity contribution in [2.45, 2.75) is 71.9 Å². The van der Waals surface area contributed by atoms with Crippen molar-refractivity contribution in [1.29, 1.82) is 0 Å². The molecule has 1 unspecified atom stereocenters. The third kappa shape index (κ3) is 6.32. The number of carbonyl (C=O) groups is 1.